The van der Waals surface area contributed by atoms with Gasteiger partial charge in [0, 0.05) is 6.92 Å². The number of amides is 1. The summed E-state index contributed by atoms with van der Waals surface area (Å²) in [6, 6.07) is -1.52. The number of aliphatic hydroxyl groups excluding tert-OH is 9. The lowest BCUT2D eigenvalue weighted by Crippen LogP contribution is -2.74. The lowest BCUT2D eigenvalue weighted by molar-refractivity contribution is -0.417. The first-order valence-corrected chi connectivity index (χ1v) is 13.4. The van der Waals surface area contributed by atoms with Gasteiger partial charge in [0.25, 0.3) is 0 Å². The van der Waals surface area contributed by atoms with Crippen LogP contribution in [0.4, 0.5) is 0 Å². The van der Waals surface area contributed by atoms with Crippen LogP contribution >= 0.6 is 0 Å². The van der Waals surface area contributed by atoms with Crippen LogP contribution in [0.15, 0.2) is 24.5 Å². The molecule has 3 fully saturated rings. The van der Waals surface area contributed by atoms with E-state index < -0.39 is 117 Å². The van der Waals surface area contributed by atoms with E-state index in [9.17, 15) is 50.8 Å². The molecule has 240 valence electrons. The van der Waals surface area contributed by atoms with Crippen molar-refractivity contribution in [1.82, 2.24) is 5.32 Å². The first-order valence-electron chi connectivity index (χ1n) is 13.4. The zero-order chi connectivity index (χ0) is 30.9. The summed E-state index contributed by atoms with van der Waals surface area (Å²) in [6.45, 7) is 0.908. The zero-order valence-corrected chi connectivity index (χ0v) is 22.8. The second-order valence-corrected chi connectivity index (χ2v) is 10.6. The van der Waals surface area contributed by atoms with E-state index in [2.05, 4.69) is 5.32 Å². The third-order valence-corrected chi connectivity index (χ3v) is 7.71. The molecule has 17 nitrogen and oxygen atoms in total. The van der Waals surface area contributed by atoms with Gasteiger partial charge in [-0.2, -0.15) is 0 Å². The standard InChI is InChI=1S/C25H39NO16/c1-9-15(30)18(33)22(35)25(41-9,13-5-3-4-6-37-13)42-21-14(26-10(2)29)23(36)38-12(8-28)20(21)40-24-19(34)17(32)16(31)11(7-27)39-24/h3-6,9,11-24,27-28,30-36H,7-8H2,1-2H3,(H,26,29)/t9-,11+,12+,13?,14+,15+,16-,17-,18+,19+,20+,21+,22-,23?,24?,25?/m0/s1. The molecule has 0 aromatic rings. The monoisotopic (exact) mass is 609 g/mol. The normalized spacial score (nSPS) is 49.4. The van der Waals surface area contributed by atoms with Gasteiger partial charge in [-0.15, -0.1) is 0 Å². The fraction of sp³-hybridized carbons (Fsp3) is 0.800. The van der Waals surface area contributed by atoms with Crippen LogP contribution in [0.2, 0.25) is 0 Å². The quantitative estimate of drug-likeness (QED) is 0.123. The molecule has 0 saturated carbocycles. The van der Waals surface area contributed by atoms with Crippen molar-refractivity contribution in [2.24, 2.45) is 0 Å². The summed E-state index contributed by atoms with van der Waals surface area (Å²) in [6.07, 6.45) is -17.3. The Hall–Kier alpha value is -1.81. The summed E-state index contributed by atoms with van der Waals surface area (Å²) >= 11 is 0. The molecular formula is C25H39NO16. The summed E-state index contributed by atoms with van der Waals surface area (Å²) in [5.41, 5.74) is 0. The molecule has 0 aromatic carbocycles. The smallest absolute Gasteiger partial charge is 0.240 e. The molecule has 4 aliphatic rings. The molecule has 4 unspecified atom stereocenters. The lowest BCUT2D eigenvalue weighted by atomic mass is 9.87. The number of aliphatic hydroxyl groups is 9. The first kappa shape index (κ1) is 33.1. The molecule has 4 rings (SSSR count). The van der Waals surface area contributed by atoms with E-state index in [1.807, 2.05) is 0 Å². The van der Waals surface area contributed by atoms with Crippen molar-refractivity contribution in [2.45, 2.75) is 112 Å². The fourth-order valence-corrected chi connectivity index (χ4v) is 5.45. The predicted octanol–water partition coefficient (Wildman–Crippen LogP) is -5.56. The Morgan fingerprint density at radius 2 is 1.57 bits per heavy atom. The van der Waals surface area contributed by atoms with Gasteiger partial charge in [0.15, 0.2) is 18.7 Å². The van der Waals surface area contributed by atoms with Crippen molar-refractivity contribution < 1.29 is 79.2 Å². The largest absolute Gasteiger partial charge is 0.488 e. The second kappa shape index (κ2) is 13.4. The van der Waals surface area contributed by atoms with E-state index in [1.54, 1.807) is 0 Å². The molecule has 17 heteroatoms. The van der Waals surface area contributed by atoms with Crippen molar-refractivity contribution in [1.29, 1.82) is 0 Å². The highest BCUT2D eigenvalue weighted by Crippen LogP contribution is 2.41. The number of hydrogen-bond acceptors (Lipinski definition) is 16. The SMILES string of the molecule is CC(=O)N[C@H]1C(O)O[C@H](CO)[C@@H](OC2O[C@H](CO)[C@H](O)[C@H](O)[C@H]2O)[C@@H]1OC1(C2C=CC=CO2)O[C@@H](C)[C@@H](O)[C@@H](O)[C@@H]1O. The average Bonchev–Trinajstić information content (AvgIpc) is 2.97. The Bertz CT molecular complexity index is 982. The molecule has 4 heterocycles. The van der Waals surface area contributed by atoms with Gasteiger partial charge in [-0.25, -0.2) is 0 Å². The van der Waals surface area contributed by atoms with Crippen molar-refractivity contribution in [3.63, 3.8) is 0 Å². The molecule has 0 radical (unpaired) electrons. The first-order chi connectivity index (χ1) is 19.9. The third-order valence-electron chi connectivity index (χ3n) is 7.71. The molecule has 10 N–H and O–H groups in total. The molecule has 0 bridgehead atoms. The van der Waals surface area contributed by atoms with Crippen molar-refractivity contribution in [3.8, 4) is 0 Å². The Morgan fingerprint density at radius 3 is 2.17 bits per heavy atom. The van der Waals surface area contributed by atoms with E-state index in [0.717, 1.165) is 6.92 Å². The lowest BCUT2D eigenvalue weighted by Gasteiger charge is -2.54. The summed E-state index contributed by atoms with van der Waals surface area (Å²) in [5, 5.41) is 96.5. The van der Waals surface area contributed by atoms with Gasteiger partial charge in [-0.05, 0) is 19.1 Å². The number of hydrogen-bond donors (Lipinski definition) is 10. The maximum absolute atomic E-state index is 12.2. The summed E-state index contributed by atoms with van der Waals surface area (Å²) in [7, 11) is 0. The minimum atomic E-state index is -2.35. The van der Waals surface area contributed by atoms with Crippen LogP contribution in [0.5, 0.6) is 0 Å². The summed E-state index contributed by atoms with van der Waals surface area (Å²) in [4.78, 5) is 12.2. The van der Waals surface area contributed by atoms with E-state index in [0.29, 0.717) is 0 Å². The summed E-state index contributed by atoms with van der Waals surface area (Å²) < 4.78 is 34.7. The van der Waals surface area contributed by atoms with Crippen molar-refractivity contribution in [3.05, 3.63) is 24.5 Å². The van der Waals surface area contributed by atoms with Gasteiger partial charge in [-0.3, -0.25) is 4.79 Å². The molecule has 42 heavy (non-hydrogen) atoms. The maximum Gasteiger partial charge on any atom is 0.240 e. The average molecular weight is 610 g/mol. The van der Waals surface area contributed by atoms with E-state index in [4.69, 9.17) is 28.4 Å². The van der Waals surface area contributed by atoms with Crippen LogP contribution in [0.1, 0.15) is 13.8 Å². The number of nitrogens with one attached hydrogen (secondary N) is 1. The molecule has 1 amide bonds. The van der Waals surface area contributed by atoms with Gasteiger partial charge < -0.3 is 79.7 Å². The van der Waals surface area contributed by atoms with Crippen LogP contribution in [-0.4, -0.2) is 163 Å². The minimum absolute atomic E-state index is 0.676. The highest BCUT2D eigenvalue weighted by atomic mass is 16.8. The predicted molar refractivity (Wildman–Crippen MR) is 134 cm³/mol. The molecule has 3 saturated heterocycles. The number of rotatable bonds is 8. The highest BCUT2D eigenvalue weighted by molar-refractivity contribution is 5.73. The topological polar surface area (TPSA) is 267 Å². The fourth-order valence-electron chi connectivity index (χ4n) is 5.45. The van der Waals surface area contributed by atoms with Gasteiger partial charge in [0.05, 0.1) is 25.6 Å². The second-order valence-electron chi connectivity index (χ2n) is 10.6. The molecule has 16 atom stereocenters. The third kappa shape index (κ3) is 6.21. The summed E-state index contributed by atoms with van der Waals surface area (Å²) in [5.74, 6) is -3.03. The molecule has 4 aliphatic heterocycles. The Kier molecular flexibility index (Phi) is 10.6. The number of carbonyl (C=O) groups is 1. The van der Waals surface area contributed by atoms with Crippen LogP contribution in [0.25, 0.3) is 0 Å². The van der Waals surface area contributed by atoms with E-state index >= 15 is 0 Å². The Balaban J connectivity index is 1.78. The van der Waals surface area contributed by atoms with Crippen LogP contribution < -0.4 is 5.32 Å². The van der Waals surface area contributed by atoms with Gasteiger partial charge >= 0.3 is 0 Å². The number of allylic oxidation sites excluding steroid dienone is 2. The molecule has 0 aromatic heterocycles. The van der Waals surface area contributed by atoms with Crippen molar-refractivity contribution in [2.75, 3.05) is 13.2 Å². The van der Waals surface area contributed by atoms with Gasteiger partial charge in [0.2, 0.25) is 11.7 Å². The van der Waals surface area contributed by atoms with Gasteiger partial charge in [0.1, 0.15) is 67.1 Å². The zero-order valence-electron chi connectivity index (χ0n) is 22.8. The van der Waals surface area contributed by atoms with Crippen molar-refractivity contribution >= 4 is 5.91 Å². The Morgan fingerprint density at radius 1 is 0.881 bits per heavy atom. The van der Waals surface area contributed by atoms with E-state index in [1.165, 1.54) is 31.4 Å². The van der Waals surface area contributed by atoms with E-state index in [-0.39, 0.29) is 0 Å². The molecular weight excluding hydrogens is 570 g/mol. The molecule has 0 aliphatic carbocycles. The number of carbonyl (C=O) groups excluding carboxylic acids is 1. The minimum Gasteiger partial charge on any atom is -0.488 e. The Labute approximate surface area is 240 Å². The van der Waals surface area contributed by atoms with Crippen LogP contribution in [-0.2, 0) is 33.2 Å². The number of ether oxygens (including phenoxy) is 6. The highest BCUT2D eigenvalue weighted by Gasteiger charge is 2.62. The molecule has 0 spiro atoms. The maximum atomic E-state index is 12.2. The van der Waals surface area contributed by atoms with Crippen LogP contribution in [0, 0.1) is 0 Å². The van der Waals surface area contributed by atoms with Crippen LogP contribution in [0.3, 0.4) is 0 Å². The van der Waals surface area contributed by atoms with Gasteiger partial charge in [-0.1, -0.05) is 6.08 Å².